The Labute approximate surface area is 110 Å². The summed E-state index contributed by atoms with van der Waals surface area (Å²) in [6, 6.07) is 3.56. The molecule has 0 aliphatic carbocycles. The van der Waals surface area contributed by atoms with Gasteiger partial charge in [0, 0.05) is 12.6 Å². The van der Waals surface area contributed by atoms with Gasteiger partial charge in [-0.25, -0.2) is 9.18 Å². The highest BCUT2D eigenvalue weighted by Crippen LogP contribution is 2.34. The topological polar surface area (TPSA) is 55.1 Å². The van der Waals surface area contributed by atoms with E-state index in [1.807, 2.05) is 0 Å². The smallest absolute Gasteiger partial charge is 0.419 e. The van der Waals surface area contributed by atoms with Gasteiger partial charge in [0.15, 0.2) is 5.69 Å². The van der Waals surface area contributed by atoms with E-state index in [1.165, 1.54) is 7.05 Å². The van der Waals surface area contributed by atoms with Gasteiger partial charge in [-0.1, -0.05) is 0 Å². The number of nitrogens with zero attached hydrogens (tertiary/aromatic N) is 2. The molecule has 1 heterocycles. The summed E-state index contributed by atoms with van der Waals surface area (Å²) >= 11 is 0. The first-order valence-electron chi connectivity index (χ1n) is 5.34. The van der Waals surface area contributed by atoms with Crippen molar-refractivity contribution in [3.05, 3.63) is 41.3 Å². The second kappa shape index (κ2) is 4.62. The summed E-state index contributed by atoms with van der Waals surface area (Å²) in [7, 11) is 1.39. The predicted molar refractivity (Wildman–Crippen MR) is 60.6 cm³/mol. The summed E-state index contributed by atoms with van der Waals surface area (Å²) in [4.78, 5) is 10.8. The maximum absolute atomic E-state index is 13.2. The van der Waals surface area contributed by atoms with Crippen molar-refractivity contribution in [3.63, 3.8) is 0 Å². The van der Waals surface area contributed by atoms with Crippen molar-refractivity contribution in [1.29, 1.82) is 0 Å². The van der Waals surface area contributed by atoms with Crippen LogP contribution in [0.5, 0.6) is 0 Å². The van der Waals surface area contributed by atoms with Gasteiger partial charge in [0.1, 0.15) is 5.82 Å². The van der Waals surface area contributed by atoms with Gasteiger partial charge in [-0.3, -0.25) is 4.68 Å². The van der Waals surface area contributed by atoms with E-state index in [1.54, 1.807) is 0 Å². The molecule has 0 unspecified atom stereocenters. The van der Waals surface area contributed by atoms with Crippen molar-refractivity contribution in [2.24, 2.45) is 7.05 Å². The Morgan fingerprint density at radius 2 is 1.95 bits per heavy atom. The van der Waals surface area contributed by atoms with Gasteiger partial charge in [0.05, 0.1) is 11.3 Å². The fourth-order valence-corrected chi connectivity index (χ4v) is 1.74. The van der Waals surface area contributed by atoms with E-state index in [4.69, 9.17) is 5.11 Å². The second-order valence-electron chi connectivity index (χ2n) is 4.04. The van der Waals surface area contributed by atoms with Crippen LogP contribution in [0.4, 0.5) is 17.6 Å². The van der Waals surface area contributed by atoms with Crippen molar-refractivity contribution < 1.29 is 27.5 Å². The van der Waals surface area contributed by atoms with E-state index < -0.39 is 23.5 Å². The number of hydrogen-bond donors (Lipinski definition) is 1. The SMILES string of the molecule is Cn1nc(C(=O)O)cc1-c1ccc(F)c(C(F)(F)F)c1. The minimum Gasteiger partial charge on any atom is -0.476 e. The summed E-state index contributed by atoms with van der Waals surface area (Å²) in [5.74, 6) is -2.69. The standard InChI is InChI=1S/C12H8F4N2O2/c1-18-10(5-9(17-18)11(19)20)6-2-3-8(13)7(4-6)12(14,15)16/h2-5H,1H3,(H,19,20). The van der Waals surface area contributed by atoms with Crippen LogP contribution in [0.15, 0.2) is 24.3 Å². The summed E-state index contributed by atoms with van der Waals surface area (Å²) < 4.78 is 52.2. The first-order valence-corrected chi connectivity index (χ1v) is 5.34. The lowest BCUT2D eigenvalue weighted by molar-refractivity contribution is -0.139. The fraction of sp³-hybridized carbons (Fsp3) is 0.167. The van der Waals surface area contributed by atoms with Crippen LogP contribution in [0, 0.1) is 5.82 Å². The molecule has 0 fully saturated rings. The molecule has 4 nitrogen and oxygen atoms in total. The number of rotatable bonds is 2. The van der Waals surface area contributed by atoms with Crippen molar-refractivity contribution in [2.45, 2.75) is 6.18 Å². The molecular weight excluding hydrogens is 280 g/mol. The number of aromatic nitrogens is 2. The van der Waals surface area contributed by atoms with E-state index in [9.17, 15) is 22.4 Å². The lowest BCUT2D eigenvalue weighted by Crippen LogP contribution is -2.08. The average Bonchev–Trinajstić information content (AvgIpc) is 2.71. The molecule has 2 rings (SSSR count). The van der Waals surface area contributed by atoms with E-state index in [0.717, 1.165) is 16.8 Å². The quantitative estimate of drug-likeness (QED) is 0.864. The molecule has 0 aliphatic heterocycles. The molecule has 1 N–H and O–H groups in total. The Morgan fingerprint density at radius 1 is 1.30 bits per heavy atom. The molecular formula is C12H8F4N2O2. The lowest BCUT2D eigenvalue weighted by Gasteiger charge is -2.10. The van der Waals surface area contributed by atoms with Crippen molar-refractivity contribution in [2.75, 3.05) is 0 Å². The highest BCUT2D eigenvalue weighted by Gasteiger charge is 2.34. The molecule has 0 spiro atoms. The van der Waals surface area contributed by atoms with Gasteiger partial charge in [0.2, 0.25) is 0 Å². The summed E-state index contributed by atoms with van der Waals surface area (Å²) in [6.45, 7) is 0. The normalized spacial score (nSPS) is 11.7. The first kappa shape index (κ1) is 14.0. The van der Waals surface area contributed by atoms with Crippen molar-refractivity contribution in [1.82, 2.24) is 9.78 Å². The van der Waals surface area contributed by atoms with Gasteiger partial charge in [-0.05, 0) is 24.3 Å². The zero-order valence-corrected chi connectivity index (χ0v) is 10.1. The molecule has 0 saturated heterocycles. The van der Waals surface area contributed by atoms with E-state index >= 15 is 0 Å². The summed E-state index contributed by atoms with van der Waals surface area (Å²) in [5.41, 5.74) is -1.54. The van der Waals surface area contributed by atoms with E-state index in [0.29, 0.717) is 12.1 Å². The van der Waals surface area contributed by atoms with Gasteiger partial charge in [-0.2, -0.15) is 18.3 Å². The molecule has 0 amide bonds. The van der Waals surface area contributed by atoms with Gasteiger partial charge in [0.25, 0.3) is 0 Å². The molecule has 1 aromatic heterocycles. The number of carboxylic acids is 1. The second-order valence-corrected chi connectivity index (χ2v) is 4.04. The molecule has 8 heteroatoms. The maximum Gasteiger partial charge on any atom is 0.419 e. The molecule has 1 aromatic carbocycles. The highest BCUT2D eigenvalue weighted by molar-refractivity contribution is 5.87. The molecule has 0 saturated carbocycles. The molecule has 0 radical (unpaired) electrons. The fourth-order valence-electron chi connectivity index (χ4n) is 1.74. The van der Waals surface area contributed by atoms with Crippen LogP contribution >= 0.6 is 0 Å². The Hall–Kier alpha value is -2.38. The number of aromatic carboxylic acids is 1. The first-order chi connectivity index (χ1) is 9.20. The van der Waals surface area contributed by atoms with E-state index in [-0.39, 0.29) is 17.0 Å². The molecule has 2 aromatic rings. The van der Waals surface area contributed by atoms with Crippen molar-refractivity contribution in [3.8, 4) is 11.3 Å². The van der Waals surface area contributed by atoms with Crippen LogP contribution < -0.4 is 0 Å². The summed E-state index contributed by atoms with van der Waals surface area (Å²) in [5, 5.41) is 12.4. The number of halogens is 4. The molecule has 0 aliphatic rings. The molecule has 0 bridgehead atoms. The number of carboxylic acid groups (broad SMARTS) is 1. The number of alkyl halides is 3. The zero-order chi connectivity index (χ0) is 15.1. The average molecular weight is 288 g/mol. The molecule has 0 atom stereocenters. The Kier molecular flexibility index (Phi) is 3.24. The Bertz CT molecular complexity index is 677. The van der Waals surface area contributed by atoms with Crippen LogP contribution in [0.25, 0.3) is 11.3 Å². The van der Waals surface area contributed by atoms with Crippen LogP contribution in [0.1, 0.15) is 16.1 Å². The third kappa shape index (κ3) is 2.49. The van der Waals surface area contributed by atoms with Crippen LogP contribution in [-0.2, 0) is 13.2 Å². The number of benzene rings is 1. The number of aryl methyl sites for hydroxylation is 1. The van der Waals surface area contributed by atoms with Gasteiger partial charge < -0.3 is 5.11 Å². The van der Waals surface area contributed by atoms with Gasteiger partial charge in [-0.15, -0.1) is 0 Å². The third-order valence-corrected chi connectivity index (χ3v) is 2.67. The number of carbonyl (C=O) groups is 1. The lowest BCUT2D eigenvalue weighted by atomic mass is 10.1. The van der Waals surface area contributed by atoms with E-state index in [2.05, 4.69) is 5.10 Å². The van der Waals surface area contributed by atoms with Crippen LogP contribution in [0.2, 0.25) is 0 Å². The van der Waals surface area contributed by atoms with Crippen molar-refractivity contribution >= 4 is 5.97 Å². The molecule has 106 valence electrons. The van der Waals surface area contributed by atoms with Gasteiger partial charge >= 0.3 is 12.1 Å². The minimum atomic E-state index is -4.83. The highest BCUT2D eigenvalue weighted by atomic mass is 19.4. The number of hydrogen-bond acceptors (Lipinski definition) is 2. The predicted octanol–water partition coefficient (Wildman–Crippen LogP) is 2.94. The summed E-state index contributed by atoms with van der Waals surface area (Å²) in [6.07, 6.45) is -4.83. The van der Waals surface area contributed by atoms with Crippen LogP contribution in [-0.4, -0.2) is 20.9 Å². The maximum atomic E-state index is 13.2. The Balaban J connectivity index is 2.57. The molecule has 20 heavy (non-hydrogen) atoms. The third-order valence-electron chi connectivity index (χ3n) is 2.67. The minimum absolute atomic E-state index is 0.0289. The Morgan fingerprint density at radius 3 is 2.45 bits per heavy atom. The monoisotopic (exact) mass is 288 g/mol. The van der Waals surface area contributed by atoms with Crippen LogP contribution in [0.3, 0.4) is 0 Å². The zero-order valence-electron chi connectivity index (χ0n) is 10.1. The largest absolute Gasteiger partial charge is 0.476 e.